The third-order valence-corrected chi connectivity index (χ3v) is 3.75. The molecule has 0 spiro atoms. The first-order valence-electron chi connectivity index (χ1n) is 8.59. The van der Waals surface area contributed by atoms with Crippen LogP contribution < -0.4 is 10.1 Å². The molecule has 0 radical (unpaired) electrons. The van der Waals surface area contributed by atoms with Gasteiger partial charge in [0, 0.05) is 19.7 Å². The van der Waals surface area contributed by atoms with Gasteiger partial charge < -0.3 is 19.7 Å². The van der Waals surface area contributed by atoms with E-state index in [9.17, 15) is 4.79 Å². The number of nitrogens with one attached hydrogen (secondary N) is 1. The SMILES string of the molecule is CCN(CC)CCCCNC(=O)/C=C/c1ccc(OCOC)cc1. The fourth-order valence-corrected chi connectivity index (χ4v) is 2.24. The summed E-state index contributed by atoms with van der Waals surface area (Å²) < 4.78 is 10.2. The molecule has 0 saturated heterocycles. The molecule has 0 saturated carbocycles. The normalized spacial score (nSPS) is 11.2. The Labute approximate surface area is 145 Å². The van der Waals surface area contributed by atoms with Crippen LogP contribution in [0.4, 0.5) is 0 Å². The molecule has 0 unspecified atom stereocenters. The van der Waals surface area contributed by atoms with E-state index in [0.29, 0.717) is 6.54 Å². The fraction of sp³-hybridized carbons (Fsp3) is 0.526. The van der Waals surface area contributed by atoms with Gasteiger partial charge in [0.2, 0.25) is 5.91 Å². The Kier molecular flexibility index (Phi) is 10.6. The summed E-state index contributed by atoms with van der Waals surface area (Å²) in [6.07, 6.45) is 5.47. The molecule has 0 fully saturated rings. The van der Waals surface area contributed by atoms with Crippen LogP contribution in [0.1, 0.15) is 32.3 Å². The molecule has 1 amide bonds. The molecule has 1 rings (SSSR count). The van der Waals surface area contributed by atoms with Gasteiger partial charge in [0.1, 0.15) is 5.75 Å². The van der Waals surface area contributed by atoms with Gasteiger partial charge in [-0.2, -0.15) is 0 Å². The van der Waals surface area contributed by atoms with E-state index in [0.717, 1.165) is 43.8 Å². The summed E-state index contributed by atoms with van der Waals surface area (Å²) in [5.74, 6) is 0.684. The summed E-state index contributed by atoms with van der Waals surface area (Å²) in [6.45, 7) is 8.55. The molecule has 0 aliphatic rings. The molecule has 5 nitrogen and oxygen atoms in total. The van der Waals surface area contributed by atoms with Gasteiger partial charge in [-0.3, -0.25) is 4.79 Å². The highest BCUT2D eigenvalue weighted by Gasteiger charge is 1.99. The Balaban J connectivity index is 2.23. The predicted molar refractivity (Wildman–Crippen MR) is 98.0 cm³/mol. The number of rotatable bonds is 12. The van der Waals surface area contributed by atoms with E-state index in [1.807, 2.05) is 24.3 Å². The molecule has 1 aromatic rings. The number of amides is 1. The van der Waals surface area contributed by atoms with Crippen LogP contribution in [0.5, 0.6) is 5.75 Å². The van der Waals surface area contributed by atoms with Crippen molar-refractivity contribution in [1.82, 2.24) is 10.2 Å². The summed E-state index contributed by atoms with van der Waals surface area (Å²) in [6, 6.07) is 7.51. The lowest BCUT2D eigenvalue weighted by atomic mass is 10.2. The number of carbonyl (C=O) groups excluding carboxylic acids is 1. The highest BCUT2D eigenvalue weighted by atomic mass is 16.7. The van der Waals surface area contributed by atoms with Gasteiger partial charge in [-0.1, -0.05) is 26.0 Å². The number of hydrogen-bond acceptors (Lipinski definition) is 4. The molecular formula is C19H30N2O3. The van der Waals surface area contributed by atoms with E-state index in [1.54, 1.807) is 19.3 Å². The summed E-state index contributed by atoms with van der Waals surface area (Å²) in [4.78, 5) is 14.2. The minimum atomic E-state index is -0.0578. The molecule has 1 N–H and O–H groups in total. The fourth-order valence-electron chi connectivity index (χ4n) is 2.24. The molecule has 0 bridgehead atoms. The average molecular weight is 334 g/mol. The maximum absolute atomic E-state index is 11.8. The van der Waals surface area contributed by atoms with Crippen LogP contribution in [0, 0.1) is 0 Å². The van der Waals surface area contributed by atoms with Crippen molar-refractivity contribution < 1.29 is 14.3 Å². The zero-order valence-corrected chi connectivity index (χ0v) is 15.1. The van der Waals surface area contributed by atoms with Crippen molar-refractivity contribution in [2.24, 2.45) is 0 Å². The van der Waals surface area contributed by atoms with Crippen LogP contribution in [0.3, 0.4) is 0 Å². The maximum atomic E-state index is 11.8. The van der Waals surface area contributed by atoms with Gasteiger partial charge in [0.05, 0.1) is 0 Å². The number of hydrogen-bond donors (Lipinski definition) is 1. The Bertz CT molecular complexity index is 482. The van der Waals surface area contributed by atoms with Crippen molar-refractivity contribution in [1.29, 1.82) is 0 Å². The van der Waals surface area contributed by atoms with E-state index >= 15 is 0 Å². The van der Waals surface area contributed by atoms with Crippen LogP contribution >= 0.6 is 0 Å². The summed E-state index contributed by atoms with van der Waals surface area (Å²) in [7, 11) is 1.58. The zero-order valence-electron chi connectivity index (χ0n) is 15.1. The Morgan fingerprint density at radius 3 is 2.50 bits per heavy atom. The quantitative estimate of drug-likeness (QED) is 0.363. The Hall–Kier alpha value is -1.85. The number of benzene rings is 1. The minimum Gasteiger partial charge on any atom is -0.468 e. The molecule has 5 heteroatoms. The third-order valence-electron chi connectivity index (χ3n) is 3.75. The molecule has 0 aliphatic heterocycles. The van der Waals surface area contributed by atoms with Gasteiger partial charge >= 0.3 is 0 Å². The zero-order chi connectivity index (χ0) is 17.6. The molecule has 24 heavy (non-hydrogen) atoms. The second-order valence-corrected chi connectivity index (χ2v) is 5.48. The largest absolute Gasteiger partial charge is 0.468 e. The van der Waals surface area contributed by atoms with E-state index in [-0.39, 0.29) is 12.7 Å². The monoisotopic (exact) mass is 334 g/mol. The van der Waals surface area contributed by atoms with E-state index in [1.165, 1.54) is 0 Å². The number of carbonyl (C=O) groups is 1. The van der Waals surface area contributed by atoms with Crippen molar-refractivity contribution in [3.05, 3.63) is 35.9 Å². The van der Waals surface area contributed by atoms with Crippen LogP contribution in [0.25, 0.3) is 6.08 Å². The average Bonchev–Trinajstić information content (AvgIpc) is 2.62. The summed E-state index contributed by atoms with van der Waals surface area (Å²) >= 11 is 0. The number of unbranched alkanes of at least 4 members (excludes halogenated alkanes) is 1. The minimum absolute atomic E-state index is 0.0578. The van der Waals surface area contributed by atoms with Crippen LogP contribution in [-0.4, -0.2) is 50.9 Å². The number of methoxy groups -OCH3 is 1. The summed E-state index contributed by atoms with van der Waals surface area (Å²) in [5.41, 5.74) is 0.955. The van der Waals surface area contributed by atoms with Gasteiger partial charge in [-0.15, -0.1) is 0 Å². The predicted octanol–water partition coefficient (Wildman–Crippen LogP) is 2.92. The third kappa shape index (κ3) is 8.70. The van der Waals surface area contributed by atoms with Gasteiger partial charge in [-0.25, -0.2) is 0 Å². The topological polar surface area (TPSA) is 50.8 Å². The number of nitrogens with zero attached hydrogens (tertiary/aromatic N) is 1. The van der Waals surface area contributed by atoms with Gasteiger partial charge in [-0.05, 0) is 56.2 Å². The highest BCUT2D eigenvalue weighted by molar-refractivity contribution is 5.91. The molecule has 134 valence electrons. The van der Waals surface area contributed by atoms with Crippen molar-refractivity contribution >= 4 is 12.0 Å². The lowest BCUT2D eigenvalue weighted by molar-refractivity contribution is -0.116. The molecule has 0 heterocycles. The van der Waals surface area contributed by atoms with Gasteiger partial charge in [0.15, 0.2) is 6.79 Å². The Morgan fingerprint density at radius 1 is 1.17 bits per heavy atom. The summed E-state index contributed by atoms with van der Waals surface area (Å²) in [5, 5.41) is 2.92. The molecule has 0 aromatic heterocycles. The van der Waals surface area contributed by atoms with Crippen LogP contribution in [-0.2, 0) is 9.53 Å². The van der Waals surface area contributed by atoms with Crippen LogP contribution in [0.2, 0.25) is 0 Å². The second-order valence-electron chi connectivity index (χ2n) is 5.48. The first-order chi connectivity index (χ1) is 11.7. The van der Waals surface area contributed by atoms with E-state index < -0.39 is 0 Å². The van der Waals surface area contributed by atoms with E-state index in [2.05, 4.69) is 24.1 Å². The molecular weight excluding hydrogens is 304 g/mol. The van der Waals surface area contributed by atoms with E-state index in [4.69, 9.17) is 9.47 Å². The smallest absolute Gasteiger partial charge is 0.243 e. The van der Waals surface area contributed by atoms with Crippen molar-refractivity contribution in [3.8, 4) is 5.75 Å². The Morgan fingerprint density at radius 2 is 1.88 bits per heavy atom. The molecule has 0 atom stereocenters. The lowest BCUT2D eigenvalue weighted by Crippen LogP contribution is -2.26. The van der Waals surface area contributed by atoms with Gasteiger partial charge in [0.25, 0.3) is 0 Å². The molecule has 1 aromatic carbocycles. The van der Waals surface area contributed by atoms with Crippen molar-refractivity contribution in [2.45, 2.75) is 26.7 Å². The highest BCUT2D eigenvalue weighted by Crippen LogP contribution is 2.13. The number of ether oxygens (including phenoxy) is 2. The second kappa shape index (κ2) is 12.6. The first-order valence-corrected chi connectivity index (χ1v) is 8.59. The maximum Gasteiger partial charge on any atom is 0.243 e. The van der Waals surface area contributed by atoms with Crippen molar-refractivity contribution in [2.75, 3.05) is 40.1 Å². The molecule has 0 aliphatic carbocycles. The lowest BCUT2D eigenvalue weighted by Gasteiger charge is -2.17. The van der Waals surface area contributed by atoms with Crippen molar-refractivity contribution in [3.63, 3.8) is 0 Å². The standard InChI is InChI=1S/C19H30N2O3/c1-4-21(5-2)15-7-6-14-20-19(22)13-10-17-8-11-18(12-9-17)24-16-23-3/h8-13H,4-7,14-16H2,1-3H3,(H,20,22)/b13-10+. The first kappa shape index (κ1) is 20.2. The van der Waals surface area contributed by atoms with Crippen LogP contribution in [0.15, 0.2) is 30.3 Å².